The van der Waals surface area contributed by atoms with Gasteiger partial charge in [0, 0.05) is 4.90 Å². The van der Waals surface area contributed by atoms with Crippen LogP contribution in [0.1, 0.15) is 5.56 Å². The molecule has 0 aliphatic rings. The van der Waals surface area contributed by atoms with E-state index in [0.29, 0.717) is 5.56 Å². The molecule has 2 nitrogen and oxygen atoms in total. The molecular weight excluding hydrogens is 213 g/mol. The molecule has 0 aromatic heterocycles. The van der Waals surface area contributed by atoms with E-state index in [1.807, 2.05) is 0 Å². The summed E-state index contributed by atoms with van der Waals surface area (Å²) in [5.41, 5.74) is -3.58. The smallest absolute Gasteiger partial charge is 0.323 e. The molecule has 0 aliphatic heterocycles. The monoisotopic (exact) mass is 220 g/mol. The van der Waals surface area contributed by atoms with Crippen LogP contribution in [0.25, 0.3) is 0 Å². The maximum Gasteiger partial charge on any atom is 0.446 e. The molecule has 0 fully saturated rings. The van der Waals surface area contributed by atoms with Crippen molar-refractivity contribution in [1.29, 1.82) is 0 Å². The minimum absolute atomic E-state index is 0.145. The fraction of sp³-hybridized carbons (Fsp3) is 0.125. The van der Waals surface area contributed by atoms with Gasteiger partial charge in [-0.3, -0.25) is 0 Å². The number of nitrogens with zero attached hydrogens (tertiary/aromatic N) is 1. The summed E-state index contributed by atoms with van der Waals surface area (Å²) in [6.45, 7) is 0. The largest absolute Gasteiger partial charge is 0.446 e. The van der Waals surface area contributed by atoms with Gasteiger partial charge in [-0.25, -0.2) is 0 Å². The third-order valence-electron chi connectivity index (χ3n) is 1.34. The number of benzene rings is 1. The van der Waals surface area contributed by atoms with Crippen LogP contribution in [-0.2, 0) is 0 Å². The summed E-state index contributed by atoms with van der Waals surface area (Å²) in [6, 6.07) is 5.78. The molecule has 1 aromatic carbocycles. The summed E-state index contributed by atoms with van der Waals surface area (Å²) in [5, 5.41) is 3.26. The number of hydrogen-bond donors (Lipinski definition) is 1. The van der Waals surface area contributed by atoms with E-state index in [2.05, 4.69) is 5.10 Å². The molecule has 14 heavy (non-hydrogen) atoms. The van der Waals surface area contributed by atoms with Gasteiger partial charge in [0.15, 0.2) is 0 Å². The van der Waals surface area contributed by atoms with E-state index in [1.54, 1.807) is 0 Å². The molecule has 0 aliphatic carbocycles. The van der Waals surface area contributed by atoms with E-state index in [9.17, 15) is 13.2 Å². The summed E-state index contributed by atoms with van der Waals surface area (Å²) in [6.07, 6.45) is 1.36. The fourth-order valence-corrected chi connectivity index (χ4v) is 1.38. The number of alkyl halides is 3. The van der Waals surface area contributed by atoms with E-state index < -0.39 is 5.51 Å². The average molecular weight is 220 g/mol. The van der Waals surface area contributed by atoms with E-state index >= 15 is 0 Å². The molecule has 6 heteroatoms. The van der Waals surface area contributed by atoms with Crippen molar-refractivity contribution in [3.8, 4) is 0 Å². The number of halogens is 3. The van der Waals surface area contributed by atoms with Crippen molar-refractivity contribution in [2.75, 3.05) is 0 Å². The Bertz CT molecular complexity index is 318. The van der Waals surface area contributed by atoms with Crippen molar-refractivity contribution in [1.82, 2.24) is 0 Å². The zero-order valence-electron chi connectivity index (χ0n) is 6.95. The highest BCUT2D eigenvalue weighted by atomic mass is 32.2. The Morgan fingerprint density at radius 1 is 1.21 bits per heavy atom. The average Bonchev–Trinajstić information content (AvgIpc) is 2.06. The van der Waals surface area contributed by atoms with Crippen LogP contribution in [-0.4, -0.2) is 11.7 Å². The normalized spacial score (nSPS) is 12.2. The molecule has 1 aromatic rings. The summed E-state index contributed by atoms with van der Waals surface area (Å²) in [7, 11) is 0. The lowest BCUT2D eigenvalue weighted by Gasteiger charge is -2.04. The first-order valence-corrected chi connectivity index (χ1v) is 4.42. The van der Waals surface area contributed by atoms with Crippen molar-refractivity contribution in [2.24, 2.45) is 10.9 Å². The van der Waals surface area contributed by atoms with Crippen LogP contribution in [0.5, 0.6) is 0 Å². The Hall–Kier alpha value is -1.17. The number of thioether (sulfide) groups is 1. The highest BCUT2D eigenvalue weighted by Crippen LogP contribution is 2.36. The van der Waals surface area contributed by atoms with E-state index in [-0.39, 0.29) is 16.7 Å². The van der Waals surface area contributed by atoms with Crippen LogP contribution in [0.2, 0.25) is 0 Å². The number of hydrazone groups is 1. The highest BCUT2D eigenvalue weighted by molar-refractivity contribution is 8.00. The molecule has 0 bridgehead atoms. The lowest BCUT2D eigenvalue weighted by atomic mass is 10.2. The second-order valence-electron chi connectivity index (χ2n) is 2.40. The molecule has 0 heterocycles. The third kappa shape index (κ3) is 3.69. The highest BCUT2D eigenvalue weighted by Gasteiger charge is 2.28. The molecule has 2 N–H and O–H groups in total. The third-order valence-corrected chi connectivity index (χ3v) is 2.08. The Morgan fingerprint density at radius 2 is 1.79 bits per heavy atom. The van der Waals surface area contributed by atoms with Gasteiger partial charge in [-0.05, 0) is 29.5 Å². The first-order chi connectivity index (χ1) is 6.51. The van der Waals surface area contributed by atoms with Crippen molar-refractivity contribution >= 4 is 18.0 Å². The minimum Gasteiger partial charge on any atom is -0.323 e. The Kier molecular flexibility index (Phi) is 3.40. The molecule has 0 unspecified atom stereocenters. The maximum absolute atomic E-state index is 11.9. The number of hydrogen-bond acceptors (Lipinski definition) is 3. The summed E-state index contributed by atoms with van der Waals surface area (Å²) < 4.78 is 35.7. The first kappa shape index (κ1) is 10.9. The van der Waals surface area contributed by atoms with Gasteiger partial charge in [0.1, 0.15) is 0 Å². The van der Waals surface area contributed by atoms with Crippen LogP contribution < -0.4 is 5.84 Å². The maximum atomic E-state index is 11.9. The van der Waals surface area contributed by atoms with Crippen LogP contribution in [0, 0.1) is 0 Å². The quantitative estimate of drug-likeness (QED) is 0.360. The van der Waals surface area contributed by atoms with E-state index in [1.165, 1.54) is 30.5 Å². The standard InChI is InChI=1S/C8H7F3N2S/c9-8(10,11)14-7-3-1-6(2-4-7)5-13-12/h1-5H,12H2/b13-5+. The fourth-order valence-electron chi connectivity index (χ4n) is 0.842. The second-order valence-corrected chi connectivity index (χ2v) is 3.53. The van der Waals surface area contributed by atoms with Gasteiger partial charge < -0.3 is 5.84 Å². The van der Waals surface area contributed by atoms with Crippen LogP contribution in [0.3, 0.4) is 0 Å². The number of nitrogens with two attached hydrogens (primary N) is 1. The summed E-state index contributed by atoms with van der Waals surface area (Å²) >= 11 is -0.148. The van der Waals surface area contributed by atoms with Gasteiger partial charge in [0.2, 0.25) is 0 Å². The minimum atomic E-state index is -4.25. The number of rotatable bonds is 2. The SMILES string of the molecule is N/N=C/c1ccc(SC(F)(F)F)cc1. The molecule has 0 spiro atoms. The van der Waals surface area contributed by atoms with Gasteiger partial charge in [-0.1, -0.05) is 12.1 Å². The predicted octanol–water partition coefficient (Wildman–Crippen LogP) is 2.59. The van der Waals surface area contributed by atoms with Crippen molar-refractivity contribution in [3.63, 3.8) is 0 Å². The van der Waals surface area contributed by atoms with Crippen molar-refractivity contribution in [3.05, 3.63) is 29.8 Å². The second kappa shape index (κ2) is 4.36. The van der Waals surface area contributed by atoms with Crippen molar-refractivity contribution in [2.45, 2.75) is 10.4 Å². The predicted molar refractivity (Wildman–Crippen MR) is 50.1 cm³/mol. The Morgan fingerprint density at radius 3 is 2.21 bits per heavy atom. The molecule has 0 radical (unpaired) electrons. The zero-order valence-corrected chi connectivity index (χ0v) is 7.77. The topological polar surface area (TPSA) is 38.4 Å². The molecule has 0 atom stereocenters. The summed E-state index contributed by atoms with van der Waals surface area (Å²) in [5.74, 6) is 4.88. The molecule has 0 saturated heterocycles. The Labute approximate surface area is 83.0 Å². The van der Waals surface area contributed by atoms with Gasteiger partial charge in [0.05, 0.1) is 6.21 Å². The van der Waals surface area contributed by atoms with E-state index in [0.717, 1.165) is 0 Å². The van der Waals surface area contributed by atoms with Gasteiger partial charge in [0.25, 0.3) is 0 Å². The first-order valence-electron chi connectivity index (χ1n) is 3.60. The molecule has 76 valence electrons. The molecular formula is C8H7F3N2S. The van der Waals surface area contributed by atoms with Crippen LogP contribution in [0.15, 0.2) is 34.3 Å². The zero-order chi connectivity index (χ0) is 10.6. The van der Waals surface area contributed by atoms with Gasteiger partial charge in [-0.15, -0.1) is 0 Å². The van der Waals surface area contributed by atoms with Crippen LogP contribution >= 0.6 is 11.8 Å². The van der Waals surface area contributed by atoms with Crippen LogP contribution in [0.4, 0.5) is 13.2 Å². The molecule has 0 saturated carbocycles. The summed E-state index contributed by atoms with van der Waals surface area (Å²) in [4.78, 5) is 0.145. The lowest BCUT2D eigenvalue weighted by molar-refractivity contribution is -0.0328. The van der Waals surface area contributed by atoms with Gasteiger partial charge in [-0.2, -0.15) is 18.3 Å². The van der Waals surface area contributed by atoms with Gasteiger partial charge >= 0.3 is 5.51 Å². The molecule has 0 amide bonds. The lowest BCUT2D eigenvalue weighted by Crippen LogP contribution is -1.98. The van der Waals surface area contributed by atoms with E-state index in [4.69, 9.17) is 5.84 Å². The molecule has 1 rings (SSSR count). The Balaban J connectivity index is 2.74. The van der Waals surface area contributed by atoms with Crippen molar-refractivity contribution < 1.29 is 13.2 Å².